The van der Waals surface area contributed by atoms with Crippen LogP contribution in [-0.4, -0.2) is 50.2 Å². The molecule has 0 saturated carbocycles. The van der Waals surface area contributed by atoms with E-state index in [1.165, 1.54) is 0 Å². The number of carbonyl (C=O) groups excluding carboxylic acids is 1. The number of amides is 1. The van der Waals surface area contributed by atoms with E-state index in [0.29, 0.717) is 13.1 Å². The Labute approximate surface area is 148 Å². The molecule has 0 N–H and O–H groups in total. The number of piperazine rings is 1. The maximum Gasteiger partial charge on any atom is 0.263 e. The molecule has 5 nitrogen and oxygen atoms in total. The number of benzene rings is 2. The maximum atomic E-state index is 12.6. The highest BCUT2D eigenvalue weighted by Crippen LogP contribution is 2.21. The summed E-state index contributed by atoms with van der Waals surface area (Å²) in [6.45, 7) is 4.85. The van der Waals surface area contributed by atoms with Crippen LogP contribution < -0.4 is 14.4 Å². The summed E-state index contributed by atoms with van der Waals surface area (Å²) < 4.78 is 10.9. The van der Waals surface area contributed by atoms with Crippen LogP contribution in [0.1, 0.15) is 6.92 Å². The van der Waals surface area contributed by atoms with Gasteiger partial charge in [0, 0.05) is 31.9 Å². The van der Waals surface area contributed by atoms with Crippen molar-refractivity contribution in [2.75, 3.05) is 38.2 Å². The van der Waals surface area contributed by atoms with Crippen molar-refractivity contribution >= 4 is 11.6 Å². The summed E-state index contributed by atoms with van der Waals surface area (Å²) in [5, 5.41) is 0. The lowest BCUT2D eigenvalue weighted by molar-refractivity contribution is -0.138. The quantitative estimate of drug-likeness (QED) is 0.839. The molecular weight excluding hydrogens is 316 g/mol. The van der Waals surface area contributed by atoms with Crippen LogP contribution in [0.2, 0.25) is 0 Å². The van der Waals surface area contributed by atoms with Gasteiger partial charge in [-0.1, -0.05) is 18.2 Å². The van der Waals surface area contributed by atoms with Crippen molar-refractivity contribution in [1.82, 2.24) is 4.90 Å². The molecule has 132 valence electrons. The molecule has 25 heavy (non-hydrogen) atoms. The van der Waals surface area contributed by atoms with Gasteiger partial charge >= 0.3 is 0 Å². The van der Waals surface area contributed by atoms with Crippen LogP contribution in [-0.2, 0) is 4.79 Å². The first kappa shape index (κ1) is 17.1. The first-order chi connectivity index (χ1) is 12.2. The zero-order valence-electron chi connectivity index (χ0n) is 14.7. The van der Waals surface area contributed by atoms with E-state index in [1.807, 2.05) is 54.3 Å². The van der Waals surface area contributed by atoms with Crippen molar-refractivity contribution < 1.29 is 14.3 Å². The third-order valence-corrected chi connectivity index (χ3v) is 4.43. The second kappa shape index (κ2) is 7.92. The Morgan fingerprint density at radius 2 is 1.56 bits per heavy atom. The molecule has 0 bridgehead atoms. The minimum absolute atomic E-state index is 0.0400. The van der Waals surface area contributed by atoms with E-state index in [1.54, 1.807) is 7.11 Å². The topological polar surface area (TPSA) is 42.0 Å². The SMILES string of the molecule is COc1ccc(N2CCN(C(=O)[C@H](C)Oc3ccccc3)CC2)cc1. The molecule has 1 fully saturated rings. The van der Waals surface area contributed by atoms with Gasteiger partial charge in [-0.3, -0.25) is 4.79 Å². The predicted octanol–water partition coefficient (Wildman–Crippen LogP) is 2.81. The summed E-state index contributed by atoms with van der Waals surface area (Å²) in [6.07, 6.45) is -0.477. The number of ether oxygens (including phenoxy) is 2. The number of hydrogen-bond acceptors (Lipinski definition) is 4. The zero-order chi connectivity index (χ0) is 17.6. The second-order valence-electron chi connectivity index (χ2n) is 6.08. The van der Waals surface area contributed by atoms with E-state index in [-0.39, 0.29) is 5.91 Å². The van der Waals surface area contributed by atoms with Crippen molar-refractivity contribution in [3.05, 3.63) is 54.6 Å². The van der Waals surface area contributed by atoms with Gasteiger partial charge < -0.3 is 19.3 Å². The Morgan fingerprint density at radius 1 is 0.920 bits per heavy atom. The van der Waals surface area contributed by atoms with Gasteiger partial charge in [-0.05, 0) is 43.3 Å². The average molecular weight is 340 g/mol. The van der Waals surface area contributed by atoms with Crippen LogP contribution in [0.15, 0.2) is 54.6 Å². The van der Waals surface area contributed by atoms with Crippen molar-refractivity contribution in [3.63, 3.8) is 0 Å². The third-order valence-electron chi connectivity index (χ3n) is 4.43. The zero-order valence-corrected chi connectivity index (χ0v) is 14.7. The molecule has 0 aliphatic carbocycles. The molecule has 1 heterocycles. The Hall–Kier alpha value is -2.69. The van der Waals surface area contributed by atoms with Crippen molar-refractivity contribution in [2.24, 2.45) is 0 Å². The molecule has 1 amide bonds. The van der Waals surface area contributed by atoms with Crippen LogP contribution >= 0.6 is 0 Å². The minimum Gasteiger partial charge on any atom is -0.497 e. The van der Waals surface area contributed by atoms with E-state index >= 15 is 0 Å². The summed E-state index contributed by atoms with van der Waals surface area (Å²) in [7, 11) is 1.66. The molecular formula is C20H24N2O3. The molecule has 1 aliphatic heterocycles. The van der Waals surface area contributed by atoms with E-state index in [0.717, 1.165) is 30.3 Å². The monoisotopic (exact) mass is 340 g/mol. The molecule has 1 atom stereocenters. The molecule has 0 aromatic heterocycles. The fourth-order valence-corrected chi connectivity index (χ4v) is 2.99. The van der Waals surface area contributed by atoms with Gasteiger partial charge in [-0.2, -0.15) is 0 Å². The van der Waals surface area contributed by atoms with Gasteiger partial charge in [-0.15, -0.1) is 0 Å². The van der Waals surface area contributed by atoms with Crippen molar-refractivity contribution in [3.8, 4) is 11.5 Å². The first-order valence-corrected chi connectivity index (χ1v) is 8.57. The molecule has 5 heteroatoms. The highest BCUT2D eigenvalue weighted by atomic mass is 16.5. The van der Waals surface area contributed by atoms with Gasteiger partial charge in [0.05, 0.1) is 7.11 Å². The molecule has 2 aromatic rings. The summed E-state index contributed by atoms with van der Waals surface area (Å²) >= 11 is 0. The number of methoxy groups -OCH3 is 1. The van der Waals surface area contributed by atoms with Crippen molar-refractivity contribution in [2.45, 2.75) is 13.0 Å². The number of carbonyl (C=O) groups is 1. The van der Waals surface area contributed by atoms with Crippen LogP contribution in [0.4, 0.5) is 5.69 Å². The number of nitrogens with zero attached hydrogens (tertiary/aromatic N) is 2. The smallest absolute Gasteiger partial charge is 0.263 e. The lowest BCUT2D eigenvalue weighted by Gasteiger charge is -2.37. The average Bonchev–Trinajstić information content (AvgIpc) is 2.68. The summed E-state index contributed by atoms with van der Waals surface area (Å²) in [5.74, 6) is 1.61. The first-order valence-electron chi connectivity index (χ1n) is 8.57. The molecule has 1 aliphatic rings. The lowest BCUT2D eigenvalue weighted by atomic mass is 10.2. The van der Waals surface area contributed by atoms with E-state index < -0.39 is 6.10 Å². The molecule has 2 aromatic carbocycles. The minimum atomic E-state index is -0.477. The highest BCUT2D eigenvalue weighted by Gasteiger charge is 2.26. The summed E-state index contributed by atoms with van der Waals surface area (Å²) in [4.78, 5) is 16.8. The normalized spacial score (nSPS) is 15.6. The Morgan fingerprint density at radius 3 is 2.16 bits per heavy atom. The number of hydrogen-bond donors (Lipinski definition) is 0. The van der Waals surface area contributed by atoms with Gasteiger partial charge in [0.25, 0.3) is 5.91 Å². The lowest BCUT2D eigenvalue weighted by Crippen LogP contribution is -2.52. The summed E-state index contributed by atoms with van der Waals surface area (Å²) in [6, 6.07) is 17.5. The molecule has 0 radical (unpaired) electrons. The van der Waals surface area contributed by atoms with Crippen LogP contribution in [0, 0.1) is 0 Å². The number of para-hydroxylation sites is 1. The Kier molecular flexibility index (Phi) is 5.43. The fourth-order valence-electron chi connectivity index (χ4n) is 2.99. The third kappa shape index (κ3) is 4.24. The van der Waals surface area contributed by atoms with E-state index in [9.17, 15) is 4.79 Å². The Balaban J connectivity index is 1.53. The molecule has 1 saturated heterocycles. The van der Waals surface area contributed by atoms with Gasteiger partial charge in [0.15, 0.2) is 6.10 Å². The summed E-state index contributed by atoms with van der Waals surface area (Å²) in [5.41, 5.74) is 1.15. The van der Waals surface area contributed by atoms with E-state index in [2.05, 4.69) is 17.0 Å². The van der Waals surface area contributed by atoms with E-state index in [4.69, 9.17) is 9.47 Å². The van der Waals surface area contributed by atoms with Crippen LogP contribution in [0.25, 0.3) is 0 Å². The molecule has 0 unspecified atom stereocenters. The highest BCUT2D eigenvalue weighted by molar-refractivity contribution is 5.81. The fraction of sp³-hybridized carbons (Fsp3) is 0.350. The number of anilines is 1. The van der Waals surface area contributed by atoms with Crippen LogP contribution in [0.5, 0.6) is 11.5 Å². The Bertz CT molecular complexity index is 680. The van der Waals surface area contributed by atoms with Crippen LogP contribution in [0.3, 0.4) is 0 Å². The van der Waals surface area contributed by atoms with Gasteiger partial charge in [0.1, 0.15) is 11.5 Å². The number of rotatable bonds is 5. The standard InChI is InChI=1S/C20H24N2O3/c1-16(25-19-6-4-3-5-7-19)20(23)22-14-12-21(13-15-22)17-8-10-18(24-2)11-9-17/h3-11,16H,12-15H2,1-2H3/t16-/m0/s1. The van der Waals surface area contributed by atoms with Crippen molar-refractivity contribution in [1.29, 1.82) is 0 Å². The maximum absolute atomic E-state index is 12.6. The van der Waals surface area contributed by atoms with Gasteiger partial charge in [0.2, 0.25) is 0 Å². The molecule has 3 rings (SSSR count). The predicted molar refractivity (Wildman–Crippen MR) is 98.3 cm³/mol. The largest absolute Gasteiger partial charge is 0.497 e. The van der Waals surface area contributed by atoms with Gasteiger partial charge in [-0.25, -0.2) is 0 Å². The second-order valence-corrected chi connectivity index (χ2v) is 6.08. The molecule has 0 spiro atoms.